The molecule has 6 rings (SSSR count). The van der Waals surface area contributed by atoms with E-state index in [0.29, 0.717) is 50.8 Å². The van der Waals surface area contributed by atoms with Crippen LogP contribution in [0.25, 0.3) is 0 Å². The molecule has 12 heteroatoms. The number of rotatable bonds is 9. The highest BCUT2D eigenvalue weighted by Crippen LogP contribution is 2.42. The number of ether oxygens (including phenoxy) is 1. The molecule has 0 radical (unpaired) electrons. The number of nitrogens with zero attached hydrogens (tertiary/aromatic N) is 3. The lowest BCUT2D eigenvalue weighted by molar-refractivity contribution is -0.139. The Morgan fingerprint density at radius 3 is 2.08 bits per heavy atom. The van der Waals surface area contributed by atoms with Gasteiger partial charge in [-0.1, -0.05) is 44.2 Å². The molecule has 2 aliphatic heterocycles. The van der Waals surface area contributed by atoms with Crippen LogP contribution >= 0.6 is 0 Å². The summed E-state index contributed by atoms with van der Waals surface area (Å²) < 4.78 is 76.1. The first-order valence-corrected chi connectivity index (χ1v) is 19.1. The Morgan fingerprint density at radius 1 is 0.833 bits per heavy atom. The molecule has 2 aromatic rings. The number of benzene rings is 2. The van der Waals surface area contributed by atoms with Gasteiger partial charge >= 0.3 is 6.18 Å². The number of likely N-dealkylation sites (tertiary alicyclic amines) is 1. The van der Waals surface area contributed by atoms with Crippen LogP contribution in [0.3, 0.4) is 0 Å². The molecule has 2 saturated heterocycles. The average Bonchev–Trinajstić information content (AvgIpc) is 3.62. The Bertz CT molecular complexity index is 1470. The Hall–Kier alpha value is -2.67. The molecule has 0 unspecified atom stereocenters. The summed E-state index contributed by atoms with van der Waals surface area (Å²) in [5.41, 5.74) is 6.19. The molecule has 0 bridgehead atoms. The highest BCUT2D eigenvalue weighted by molar-refractivity contribution is 7.89. The fourth-order valence-electron chi connectivity index (χ4n) is 8.19. The molecule has 8 nitrogen and oxygen atoms in total. The maximum Gasteiger partial charge on any atom is 0.416 e. The van der Waals surface area contributed by atoms with E-state index in [4.69, 9.17) is 10.5 Å². The molecule has 2 aliphatic carbocycles. The van der Waals surface area contributed by atoms with Crippen molar-refractivity contribution in [2.24, 2.45) is 17.6 Å². The van der Waals surface area contributed by atoms with E-state index in [1.165, 1.54) is 23.6 Å². The highest BCUT2D eigenvalue weighted by Gasteiger charge is 2.45. The molecule has 2 atom stereocenters. The number of halogens is 3. The number of carbonyl (C=O) groups is 1. The van der Waals surface area contributed by atoms with E-state index in [0.717, 1.165) is 56.2 Å². The summed E-state index contributed by atoms with van der Waals surface area (Å²) in [6, 6.07) is 10.7. The van der Waals surface area contributed by atoms with E-state index >= 15 is 0 Å². The quantitative estimate of drug-likeness (QED) is 0.336. The van der Waals surface area contributed by atoms with Gasteiger partial charge < -0.3 is 15.4 Å². The lowest BCUT2D eigenvalue weighted by Gasteiger charge is -2.46. The van der Waals surface area contributed by atoms with Crippen LogP contribution in [0.5, 0.6) is 5.75 Å². The van der Waals surface area contributed by atoms with Crippen molar-refractivity contribution in [2.75, 3.05) is 39.3 Å². The van der Waals surface area contributed by atoms with Gasteiger partial charge in [0, 0.05) is 44.8 Å². The van der Waals surface area contributed by atoms with Gasteiger partial charge in [-0.3, -0.25) is 9.69 Å². The minimum atomic E-state index is -4.43. The fourth-order valence-corrected chi connectivity index (χ4v) is 9.76. The molecule has 2 aromatic carbocycles. The number of sulfonamides is 1. The van der Waals surface area contributed by atoms with Gasteiger partial charge in [0.25, 0.3) is 0 Å². The maximum absolute atomic E-state index is 14.3. The predicted molar refractivity (Wildman–Crippen MR) is 178 cm³/mol. The van der Waals surface area contributed by atoms with Gasteiger partial charge in [-0.05, 0) is 92.3 Å². The largest absolute Gasteiger partial charge is 0.493 e. The Balaban J connectivity index is 1.25. The summed E-state index contributed by atoms with van der Waals surface area (Å²) in [5, 5.41) is 0. The van der Waals surface area contributed by atoms with Gasteiger partial charge in [0.15, 0.2) is 0 Å². The third-order valence-electron chi connectivity index (χ3n) is 11.0. The summed E-state index contributed by atoms with van der Waals surface area (Å²) in [7, 11) is -4.06. The molecule has 264 valence electrons. The molecular weight excluding hydrogens is 641 g/mol. The molecule has 1 amide bonds. The van der Waals surface area contributed by atoms with E-state index < -0.39 is 27.8 Å². The molecule has 0 aromatic heterocycles. The van der Waals surface area contributed by atoms with Crippen molar-refractivity contribution >= 4 is 15.9 Å². The summed E-state index contributed by atoms with van der Waals surface area (Å²) >= 11 is 0. The fraction of sp³-hybridized carbons (Fsp3) is 0.639. The zero-order valence-electron chi connectivity index (χ0n) is 27.6. The van der Waals surface area contributed by atoms with Crippen LogP contribution in [0.4, 0.5) is 13.2 Å². The number of nitrogens with two attached hydrogens (primary N) is 1. The molecule has 4 fully saturated rings. The van der Waals surface area contributed by atoms with E-state index in [1.54, 1.807) is 41.3 Å². The highest BCUT2D eigenvalue weighted by atomic mass is 32.2. The smallest absolute Gasteiger partial charge is 0.416 e. The summed E-state index contributed by atoms with van der Waals surface area (Å²) in [4.78, 5) is 18.2. The summed E-state index contributed by atoms with van der Waals surface area (Å²) in [6.07, 6.45) is 6.79. The van der Waals surface area contributed by atoms with Gasteiger partial charge in [-0.2, -0.15) is 17.5 Å². The second-order valence-electron chi connectivity index (χ2n) is 14.2. The minimum Gasteiger partial charge on any atom is -0.493 e. The minimum absolute atomic E-state index is 0.00186. The van der Waals surface area contributed by atoms with Crippen LogP contribution in [0.1, 0.15) is 87.8 Å². The third-order valence-corrected chi connectivity index (χ3v) is 12.9. The Kier molecular flexibility index (Phi) is 11.0. The number of alkyl halides is 3. The van der Waals surface area contributed by atoms with E-state index in [2.05, 4.69) is 4.90 Å². The molecule has 2 heterocycles. The zero-order valence-corrected chi connectivity index (χ0v) is 28.4. The lowest BCUT2D eigenvalue weighted by Crippen LogP contribution is -2.62. The van der Waals surface area contributed by atoms with Crippen LogP contribution in [-0.4, -0.2) is 79.8 Å². The van der Waals surface area contributed by atoms with Crippen molar-refractivity contribution in [2.45, 2.75) is 99.8 Å². The van der Waals surface area contributed by atoms with Gasteiger partial charge in [0.05, 0.1) is 17.1 Å². The number of carbonyl (C=O) groups excluding carboxylic acids is 1. The van der Waals surface area contributed by atoms with Gasteiger partial charge in [0.2, 0.25) is 15.9 Å². The van der Waals surface area contributed by atoms with Crippen LogP contribution in [-0.2, 0) is 21.0 Å². The van der Waals surface area contributed by atoms with Crippen LogP contribution in [0.15, 0.2) is 53.4 Å². The van der Waals surface area contributed by atoms with Crippen molar-refractivity contribution in [3.8, 4) is 5.75 Å². The zero-order chi connectivity index (χ0) is 33.9. The first-order chi connectivity index (χ1) is 23.0. The van der Waals surface area contributed by atoms with Crippen molar-refractivity contribution in [3.05, 3.63) is 59.7 Å². The SMILES string of the molecule is NC1CCN(C(=O)[C@H]2CN([C@H](c3ccc(C(F)(F)F)cc3)C3CCCC3)CCN2S(=O)(=O)c2ccc(OCC3CCCCC3)cc2)CC1. The molecule has 2 N–H and O–H groups in total. The molecule has 2 saturated carbocycles. The summed E-state index contributed by atoms with van der Waals surface area (Å²) in [6.45, 7) is 2.15. The molecular formula is C36H49F3N4O4S. The second kappa shape index (κ2) is 15.1. The topological polar surface area (TPSA) is 96.2 Å². The van der Waals surface area contributed by atoms with Crippen molar-refractivity contribution < 1.29 is 31.1 Å². The van der Waals surface area contributed by atoms with Gasteiger partial charge in [-0.25, -0.2) is 8.42 Å². The first-order valence-electron chi connectivity index (χ1n) is 17.7. The monoisotopic (exact) mass is 690 g/mol. The van der Waals surface area contributed by atoms with Crippen LogP contribution in [0, 0.1) is 11.8 Å². The standard InChI is InChI=1S/C36H49F3N4O4S/c37-36(38,39)29-12-10-28(11-13-29)34(27-8-4-5-9-27)42-22-23-43(33(24-42)35(44)41-20-18-30(40)19-21-41)48(45,46)32-16-14-31(15-17-32)47-25-26-6-2-1-3-7-26/h10-17,26-27,30,33-34H,1-9,18-25,40H2/t33-,34+/m1/s1. The van der Waals surface area contributed by atoms with Crippen molar-refractivity contribution in [1.82, 2.24) is 14.1 Å². The lowest BCUT2D eigenvalue weighted by atomic mass is 9.88. The van der Waals surface area contributed by atoms with Crippen LogP contribution in [0.2, 0.25) is 0 Å². The number of piperazine rings is 1. The second-order valence-corrected chi connectivity index (χ2v) is 16.1. The van der Waals surface area contributed by atoms with Crippen LogP contribution < -0.4 is 10.5 Å². The predicted octanol–water partition coefficient (Wildman–Crippen LogP) is 6.22. The number of amides is 1. The maximum atomic E-state index is 14.3. The Labute approximate surface area is 282 Å². The van der Waals surface area contributed by atoms with Crippen molar-refractivity contribution in [3.63, 3.8) is 0 Å². The normalized spacial score (nSPS) is 23.8. The van der Waals surface area contributed by atoms with Crippen molar-refractivity contribution in [1.29, 1.82) is 0 Å². The van der Waals surface area contributed by atoms with Gasteiger partial charge in [0.1, 0.15) is 11.8 Å². The number of hydrogen-bond donors (Lipinski definition) is 1. The van der Waals surface area contributed by atoms with E-state index in [9.17, 15) is 26.4 Å². The molecule has 0 spiro atoms. The molecule has 48 heavy (non-hydrogen) atoms. The average molecular weight is 691 g/mol. The molecule has 4 aliphatic rings. The van der Waals surface area contributed by atoms with Gasteiger partial charge in [-0.15, -0.1) is 0 Å². The first kappa shape index (κ1) is 35.2. The number of hydrogen-bond acceptors (Lipinski definition) is 6. The third kappa shape index (κ3) is 8.03. The Morgan fingerprint density at radius 2 is 1.46 bits per heavy atom. The van der Waals surface area contributed by atoms with E-state index in [-0.39, 0.29) is 41.9 Å². The number of piperidine rings is 1. The van der Waals surface area contributed by atoms with E-state index in [1.807, 2.05) is 0 Å². The summed E-state index contributed by atoms with van der Waals surface area (Å²) in [5.74, 6) is 1.10.